The number of nitrogens with one attached hydrogen (secondary N) is 2. The number of nitrogens with zero attached hydrogens (tertiary/aromatic N) is 2. The molecule has 0 bridgehead atoms. The minimum absolute atomic E-state index is 0.101. The molecule has 2 unspecified atom stereocenters. The molecule has 4 heterocycles. The number of aliphatic hydroxyl groups is 3. The van der Waals surface area contributed by atoms with Crippen molar-refractivity contribution in [2.24, 2.45) is 0 Å². The van der Waals surface area contributed by atoms with E-state index < -0.39 is 137 Å². The highest BCUT2D eigenvalue weighted by Crippen LogP contribution is 2.50. The molecule has 2 saturated heterocycles. The van der Waals surface area contributed by atoms with Gasteiger partial charge in [-0.25, -0.2) is 22.7 Å². The van der Waals surface area contributed by atoms with Crippen LogP contribution in [0, 0.1) is 0 Å². The van der Waals surface area contributed by atoms with Crippen molar-refractivity contribution in [3.05, 3.63) is 112 Å². The van der Waals surface area contributed by atoms with Gasteiger partial charge in [0.1, 0.15) is 48.0 Å². The summed E-state index contributed by atoms with van der Waals surface area (Å²) in [5.74, 6) is -3.44. The molecule has 0 aromatic heterocycles. The highest BCUT2D eigenvalue weighted by Gasteiger charge is 2.59. The fraction of sp³-hybridized carbons (Fsp3) is 0.463. The van der Waals surface area contributed by atoms with Crippen molar-refractivity contribution in [3.8, 4) is 17.2 Å². The molecule has 3 aromatic rings. The number of para-hydroxylation sites is 2. The Bertz CT molecular complexity index is 3030. The molecule has 3 aromatic carbocycles. The molecule has 7 rings (SSSR count). The topological polar surface area (TPSA) is 328 Å². The van der Waals surface area contributed by atoms with Crippen molar-refractivity contribution in [1.82, 2.24) is 20.0 Å². The second kappa shape index (κ2) is 30.2. The van der Waals surface area contributed by atoms with Crippen molar-refractivity contribution < 1.29 is 109 Å². The number of hydrogen-bond acceptors (Lipinski definition) is 21. The second-order valence-corrected chi connectivity index (χ2v) is 25.1. The lowest BCUT2D eigenvalue weighted by Crippen LogP contribution is -2.51. The van der Waals surface area contributed by atoms with Gasteiger partial charge in [0.15, 0.2) is 41.1 Å². The van der Waals surface area contributed by atoms with Gasteiger partial charge in [0.2, 0.25) is 11.8 Å². The lowest BCUT2D eigenvalue weighted by molar-refractivity contribution is -0.152. The number of halogens is 4. The molecule has 0 saturated carbocycles. The van der Waals surface area contributed by atoms with E-state index in [0.717, 1.165) is 48.2 Å². The Morgan fingerprint density at radius 2 is 1.08 bits per heavy atom. The van der Waals surface area contributed by atoms with Crippen LogP contribution in [-0.4, -0.2) is 159 Å². The van der Waals surface area contributed by atoms with Gasteiger partial charge in [-0.3, -0.25) is 43.1 Å². The number of benzene rings is 3. The molecule has 0 spiro atoms. The molecule has 85 heavy (non-hydrogen) atoms. The van der Waals surface area contributed by atoms with Gasteiger partial charge in [0.25, 0.3) is 0 Å². The Hall–Kier alpha value is -5.81. The molecule has 31 heteroatoms. The minimum Gasteiger partial charge on any atom is -0.465 e. The average molecular weight is 1370 g/mol. The predicted molar refractivity (Wildman–Crippen MR) is 303 cm³/mol. The highest BCUT2D eigenvalue weighted by molar-refractivity contribution is 9.11. The summed E-state index contributed by atoms with van der Waals surface area (Å²) < 4.78 is 106. The number of ketones is 2. The number of hydrogen-bond donors (Lipinski definition) is 5. The number of carbonyl (C=O) groups excluding carboxylic acids is 7. The summed E-state index contributed by atoms with van der Waals surface area (Å²) in [6.45, 7) is 10.6. The van der Waals surface area contributed by atoms with Gasteiger partial charge < -0.3 is 52.6 Å². The van der Waals surface area contributed by atoms with E-state index >= 15 is 4.39 Å². The third-order valence-corrected chi connectivity index (χ3v) is 16.7. The van der Waals surface area contributed by atoms with Crippen molar-refractivity contribution in [3.63, 3.8) is 0 Å². The number of allylic oxidation sites excluding steroid dienone is 2. The van der Waals surface area contributed by atoms with Crippen LogP contribution in [0.25, 0.3) is 0 Å². The normalized spacial score (nSPS) is 25.8. The molecule has 5 N–H and O–H groups in total. The van der Waals surface area contributed by atoms with E-state index in [1.165, 1.54) is 45.2 Å². The first-order chi connectivity index (χ1) is 39.7. The molecule has 4 aliphatic rings. The van der Waals surface area contributed by atoms with E-state index in [1.807, 2.05) is 0 Å². The smallest absolute Gasteiger partial charge is 0.465 e. The Kier molecular flexibility index (Phi) is 24.9. The summed E-state index contributed by atoms with van der Waals surface area (Å²) in [6.07, 6.45) is -5.75. The van der Waals surface area contributed by atoms with Crippen LogP contribution in [0.15, 0.2) is 106 Å². The van der Waals surface area contributed by atoms with Crippen molar-refractivity contribution in [1.29, 1.82) is 0 Å². The average Bonchev–Trinajstić information content (AvgIpc) is 1.86. The van der Waals surface area contributed by atoms with Crippen LogP contribution in [0.2, 0.25) is 0 Å². The summed E-state index contributed by atoms with van der Waals surface area (Å²) >= 11 is 6.61. The number of methoxy groups -OCH3 is 1. The van der Waals surface area contributed by atoms with E-state index in [4.69, 9.17) is 46.9 Å². The van der Waals surface area contributed by atoms with E-state index in [2.05, 4.69) is 42.0 Å². The van der Waals surface area contributed by atoms with Gasteiger partial charge in [-0.1, -0.05) is 36.4 Å². The molecule has 4 aliphatic heterocycles. The molecule has 0 aliphatic carbocycles. The summed E-state index contributed by atoms with van der Waals surface area (Å²) in [7, 11) is -7.17. The molecule has 12 atom stereocenters. The van der Waals surface area contributed by atoms with Crippen molar-refractivity contribution >= 4 is 88.6 Å². The van der Waals surface area contributed by atoms with Crippen LogP contribution >= 0.6 is 47.4 Å². The largest absolute Gasteiger partial charge is 0.513 e. The Balaban J connectivity index is 0.000000245. The predicted octanol–water partition coefficient (Wildman–Crippen LogP) is 6.85. The van der Waals surface area contributed by atoms with Gasteiger partial charge in [-0.05, 0) is 136 Å². The number of esters is 3. The highest BCUT2D eigenvalue weighted by atomic mass is 79.9. The molecular weight excluding hydrogens is 1300 g/mol. The Labute approximate surface area is 505 Å². The zero-order valence-electron chi connectivity index (χ0n) is 47.3. The maximum absolute atomic E-state index is 15.5. The molecule has 466 valence electrons. The Morgan fingerprint density at radius 1 is 0.682 bits per heavy atom. The molecule has 25 nitrogen and oxygen atoms in total. The first kappa shape index (κ1) is 70.0. The Morgan fingerprint density at radius 3 is 1.47 bits per heavy atom. The third kappa shape index (κ3) is 18.8. The van der Waals surface area contributed by atoms with E-state index in [1.54, 1.807) is 76.2 Å². The maximum atomic E-state index is 15.5. The SMILES string of the molecule is CC(C)OC(=O)[C@H](C)NP(=O)(OC[C@H]1O[C@@H](N2C=CC(=O)CC2=O)[C@](C)(F)[C@@H]1O)Oc1ccccc1.COC(=O)c1cc(Br)c(OP(=O)(N[C@@H](C)C(=O)OC(C)C)Oc2ccccc2)c(Br)c1.C[C@@]1(F)[C@H](O)[C@@H](CO)O[C@H]1N1C=CC(=O)CC1=O. The lowest BCUT2D eigenvalue weighted by Gasteiger charge is -2.32. The first-order valence-corrected chi connectivity index (χ1v) is 30.7. The number of amides is 2. The fourth-order valence-corrected chi connectivity index (χ4v) is 12.7. The van der Waals surface area contributed by atoms with Crippen LogP contribution in [0.1, 0.15) is 78.6 Å². The van der Waals surface area contributed by atoms with Crippen LogP contribution in [0.5, 0.6) is 17.2 Å². The van der Waals surface area contributed by atoms with E-state index in [0.29, 0.717) is 8.95 Å². The van der Waals surface area contributed by atoms with Crippen molar-refractivity contribution in [2.45, 2.75) is 141 Å². The van der Waals surface area contributed by atoms with Gasteiger partial charge in [0, 0.05) is 12.4 Å². The molecule has 2 fully saturated rings. The summed E-state index contributed by atoms with van der Waals surface area (Å²) in [5.41, 5.74) is -4.41. The van der Waals surface area contributed by atoms with Crippen LogP contribution in [0.3, 0.4) is 0 Å². The number of alkyl halides is 2. The zero-order valence-corrected chi connectivity index (χ0v) is 52.3. The van der Waals surface area contributed by atoms with Crippen LogP contribution < -0.4 is 23.7 Å². The van der Waals surface area contributed by atoms with Gasteiger partial charge in [-0.15, -0.1) is 0 Å². The fourth-order valence-electron chi connectivity index (χ4n) is 8.05. The number of ether oxygens (including phenoxy) is 5. The van der Waals surface area contributed by atoms with Crippen LogP contribution in [0.4, 0.5) is 8.78 Å². The lowest BCUT2D eigenvalue weighted by atomic mass is 9.97. The number of carbonyl (C=O) groups is 7. The summed E-state index contributed by atoms with van der Waals surface area (Å²) in [6, 6.07) is 17.2. The van der Waals surface area contributed by atoms with Gasteiger partial charge in [-0.2, -0.15) is 10.2 Å². The second-order valence-electron chi connectivity index (χ2n) is 20.1. The quantitative estimate of drug-likeness (QED) is 0.0315. The monoisotopic (exact) mass is 1360 g/mol. The minimum atomic E-state index is -4.29. The van der Waals surface area contributed by atoms with Gasteiger partial charge >= 0.3 is 33.4 Å². The third-order valence-electron chi connectivity index (χ3n) is 12.3. The zero-order chi connectivity index (χ0) is 63.4. The first-order valence-electron chi connectivity index (χ1n) is 26.0. The molecular formula is C54H66Br2F2N4O21P2. The summed E-state index contributed by atoms with van der Waals surface area (Å²) in [5, 5.41) is 34.3. The standard InChI is InChI=1S/C23H30FN2O9P.C20H22Br2NO7P.C11H14FNO5/c1-14(2)33-21(30)15(3)25-36(31,35-17-8-6-5-7-9-17)32-13-18-20(29)23(4,24)22(34-18)26-11-10-16(27)12-19(26)28;1-12(2)28-19(24)13(3)23-31(26,29-15-8-6-5-7-9-15)30-18-16(21)10-14(11-17(18)22)20(25)27-4;1-11(12)9(17)7(5-14)18-10(11)13-3-2-6(15)4-8(13)16/h5-11,14-15,18,20,22,29H,12-13H2,1-4H3,(H,25,31);5-13H,1-4H3,(H,23,26);2-3,7,9-10,14,17H,4-5H2,1H3/t15-,18+,20+,22+,23+,36?;13-,31?;7-,9-,10-,11-/m001/s1. The number of aliphatic hydroxyl groups excluding tert-OH is 3. The van der Waals surface area contributed by atoms with Crippen molar-refractivity contribution in [2.75, 3.05) is 20.3 Å². The van der Waals surface area contributed by atoms with Gasteiger partial charge in [0.05, 0.1) is 59.9 Å². The van der Waals surface area contributed by atoms with Crippen LogP contribution in [-0.2, 0) is 66.1 Å². The molecule has 0 radical (unpaired) electrons. The van der Waals surface area contributed by atoms with E-state index in [9.17, 15) is 57.3 Å². The summed E-state index contributed by atoms with van der Waals surface area (Å²) in [4.78, 5) is 84.5. The van der Waals surface area contributed by atoms with E-state index in [-0.39, 0.29) is 41.1 Å². The number of rotatable bonds is 21. The molecule has 2 amide bonds. The maximum Gasteiger partial charge on any atom is 0.513 e.